The van der Waals surface area contributed by atoms with Crippen LogP contribution in [0.1, 0.15) is 41.5 Å². The van der Waals surface area contributed by atoms with Gasteiger partial charge in [-0.2, -0.15) is 5.10 Å². The largest absolute Gasteiger partial charge is 0.497 e. The second-order valence-corrected chi connectivity index (χ2v) is 7.97. The number of nitrogens with zero attached hydrogens (tertiary/aromatic N) is 2. The van der Waals surface area contributed by atoms with Crippen LogP contribution in [0.5, 0.6) is 11.5 Å². The summed E-state index contributed by atoms with van der Waals surface area (Å²) in [5.41, 5.74) is 2.95. The Morgan fingerprint density at radius 1 is 1.06 bits per heavy atom. The van der Waals surface area contributed by atoms with Crippen molar-refractivity contribution >= 4 is 17.6 Å². The maximum Gasteiger partial charge on any atom is 0.359 e. The molecule has 0 saturated heterocycles. The fraction of sp³-hybridized carbons (Fsp3) is 0.320. The first kappa shape index (κ1) is 23.3. The van der Waals surface area contributed by atoms with Gasteiger partial charge in [0.25, 0.3) is 5.91 Å². The first-order valence-corrected chi connectivity index (χ1v) is 11.0. The lowest BCUT2D eigenvalue weighted by atomic mass is 9.95. The van der Waals surface area contributed by atoms with Crippen LogP contribution in [0.3, 0.4) is 0 Å². The molecular formula is C25H26FN3O5. The number of anilines is 1. The number of methoxy groups -OCH3 is 2. The molecule has 1 atom stereocenters. The lowest BCUT2D eigenvalue weighted by Gasteiger charge is -2.16. The van der Waals surface area contributed by atoms with Crippen LogP contribution in [-0.2, 0) is 22.4 Å². The molecule has 34 heavy (non-hydrogen) atoms. The molecule has 1 aromatic heterocycles. The van der Waals surface area contributed by atoms with Gasteiger partial charge in [-0.05, 0) is 69.0 Å². The number of rotatable bonds is 7. The van der Waals surface area contributed by atoms with E-state index in [0.717, 1.165) is 30.5 Å². The summed E-state index contributed by atoms with van der Waals surface area (Å²) in [5.74, 6) is -0.568. The third-order valence-corrected chi connectivity index (χ3v) is 5.76. The van der Waals surface area contributed by atoms with Gasteiger partial charge in [0, 0.05) is 17.3 Å². The van der Waals surface area contributed by atoms with E-state index in [1.807, 2.05) is 0 Å². The minimum absolute atomic E-state index is 0.178. The highest BCUT2D eigenvalue weighted by molar-refractivity contribution is 5.98. The monoisotopic (exact) mass is 467 g/mol. The fourth-order valence-corrected chi connectivity index (χ4v) is 3.97. The van der Waals surface area contributed by atoms with Gasteiger partial charge in [-0.15, -0.1) is 0 Å². The van der Waals surface area contributed by atoms with Gasteiger partial charge < -0.3 is 19.5 Å². The molecule has 2 aromatic carbocycles. The molecule has 0 spiro atoms. The zero-order chi connectivity index (χ0) is 24.2. The molecule has 0 fully saturated rings. The minimum atomic E-state index is -1.08. The maximum absolute atomic E-state index is 13.4. The number of hydrogen-bond donors (Lipinski definition) is 1. The summed E-state index contributed by atoms with van der Waals surface area (Å²) in [7, 11) is 3.01. The van der Waals surface area contributed by atoms with E-state index in [4.69, 9.17) is 14.2 Å². The van der Waals surface area contributed by atoms with Gasteiger partial charge >= 0.3 is 5.97 Å². The third-order valence-electron chi connectivity index (χ3n) is 5.76. The van der Waals surface area contributed by atoms with Crippen molar-refractivity contribution in [1.29, 1.82) is 0 Å². The molecular weight excluding hydrogens is 441 g/mol. The van der Waals surface area contributed by atoms with E-state index in [0.29, 0.717) is 29.3 Å². The molecule has 1 aliphatic rings. The number of hydrogen-bond acceptors (Lipinski definition) is 6. The average Bonchev–Trinajstić information content (AvgIpc) is 3.24. The van der Waals surface area contributed by atoms with Crippen LogP contribution in [0, 0.1) is 5.82 Å². The first-order chi connectivity index (χ1) is 16.4. The molecule has 0 saturated carbocycles. The van der Waals surface area contributed by atoms with Crippen molar-refractivity contribution in [3.63, 3.8) is 0 Å². The summed E-state index contributed by atoms with van der Waals surface area (Å²) in [4.78, 5) is 25.8. The van der Waals surface area contributed by atoms with Gasteiger partial charge in [0.2, 0.25) is 0 Å². The topological polar surface area (TPSA) is 91.7 Å². The SMILES string of the molecule is COc1ccc(OC)c(NC(=O)C(C)OC(=O)c2nn(-c3ccc(F)cc3)c3c2CCCC3)c1. The van der Waals surface area contributed by atoms with E-state index >= 15 is 0 Å². The average molecular weight is 467 g/mol. The standard InChI is InChI=1S/C25H26FN3O5/c1-15(24(30)27-20-14-18(32-2)12-13-22(20)33-3)34-25(31)23-19-6-4-5-7-21(19)29(28-23)17-10-8-16(26)9-11-17/h8-15H,4-7H2,1-3H3,(H,27,30). The van der Waals surface area contributed by atoms with Gasteiger partial charge in [0.15, 0.2) is 11.8 Å². The number of aromatic nitrogens is 2. The Labute approximate surface area is 196 Å². The quantitative estimate of drug-likeness (QED) is 0.527. The summed E-state index contributed by atoms with van der Waals surface area (Å²) >= 11 is 0. The van der Waals surface area contributed by atoms with Crippen LogP contribution < -0.4 is 14.8 Å². The third kappa shape index (κ3) is 4.73. The normalized spacial score (nSPS) is 13.5. The lowest BCUT2D eigenvalue weighted by molar-refractivity contribution is -0.123. The molecule has 0 radical (unpaired) electrons. The Bertz CT molecular complexity index is 1210. The smallest absolute Gasteiger partial charge is 0.359 e. The molecule has 1 unspecified atom stereocenters. The van der Waals surface area contributed by atoms with Crippen LogP contribution in [0.15, 0.2) is 42.5 Å². The molecule has 1 aliphatic carbocycles. The highest BCUT2D eigenvalue weighted by atomic mass is 19.1. The van der Waals surface area contributed by atoms with E-state index in [9.17, 15) is 14.0 Å². The molecule has 1 N–H and O–H groups in total. The van der Waals surface area contributed by atoms with Crippen molar-refractivity contribution in [1.82, 2.24) is 9.78 Å². The van der Waals surface area contributed by atoms with E-state index in [1.165, 1.54) is 33.3 Å². The highest BCUT2D eigenvalue weighted by Crippen LogP contribution is 2.30. The van der Waals surface area contributed by atoms with E-state index in [-0.39, 0.29) is 11.5 Å². The van der Waals surface area contributed by atoms with Crippen molar-refractivity contribution in [2.75, 3.05) is 19.5 Å². The van der Waals surface area contributed by atoms with Crippen LogP contribution >= 0.6 is 0 Å². The fourth-order valence-electron chi connectivity index (χ4n) is 3.97. The molecule has 0 bridgehead atoms. The molecule has 1 heterocycles. The second kappa shape index (κ2) is 9.94. The number of halogens is 1. The molecule has 8 nitrogen and oxygen atoms in total. The minimum Gasteiger partial charge on any atom is -0.497 e. The highest BCUT2D eigenvalue weighted by Gasteiger charge is 2.29. The van der Waals surface area contributed by atoms with E-state index in [1.54, 1.807) is 35.0 Å². The first-order valence-electron chi connectivity index (χ1n) is 11.0. The molecule has 4 rings (SSSR count). The summed E-state index contributed by atoms with van der Waals surface area (Å²) in [6.45, 7) is 1.49. The second-order valence-electron chi connectivity index (χ2n) is 7.97. The number of carbonyl (C=O) groups is 2. The summed E-state index contributed by atoms with van der Waals surface area (Å²) in [6.07, 6.45) is 2.24. The van der Waals surface area contributed by atoms with Crippen molar-refractivity contribution in [3.05, 3.63) is 65.2 Å². The molecule has 9 heteroatoms. The Hall–Kier alpha value is -3.88. The number of benzene rings is 2. The van der Waals surface area contributed by atoms with Crippen LogP contribution in [-0.4, -0.2) is 42.0 Å². The molecule has 3 aromatic rings. The zero-order valence-corrected chi connectivity index (χ0v) is 19.3. The summed E-state index contributed by atoms with van der Waals surface area (Å²) in [6, 6.07) is 10.9. The lowest BCUT2D eigenvalue weighted by Crippen LogP contribution is -2.30. The van der Waals surface area contributed by atoms with Crippen molar-refractivity contribution < 1.29 is 28.2 Å². The molecule has 0 aliphatic heterocycles. The number of fused-ring (bicyclic) bond motifs is 1. The predicted octanol–water partition coefficient (Wildman–Crippen LogP) is 4.09. The molecule has 178 valence electrons. The summed E-state index contributed by atoms with van der Waals surface area (Å²) in [5, 5.41) is 7.20. The maximum atomic E-state index is 13.4. The predicted molar refractivity (Wildman–Crippen MR) is 123 cm³/mol. The van der Waals surface area contributed by atoms with E-state index in [2.05, 4.69) is 10.4 Å². The van der Waals surface area contributed by atoms with Crippen molar-refractivity contribution in [3.8, 4) is 17.2 Å². The van der Waals surface area contributed by atoms with Crippen LogP contribution in [0.25, 0.3) is 5.69 Å². The Balaban J connectivity index is 1.53. The van der Waals surface area contributed by atoms with Gasteiger partial charge in [-0.3, -0.25) is 4.79 Å². The summed E-state index contributed by atoms with van der Waals surface area (Å²) < 4.78 is 31.0. The van der Waals surface area contributed by atoms with Gasteiger partial charge in [-0.25, -0.2) is 13.9 Å². The molecule has 1 amide bonds. The van der Waals surface area contributed by atoms with E-state index < -0.39 is 18.0 Å². The van der Waals surface area contributed by atoms with Crippen molar-refractivity contribution in [2.45, 2.75) is 38.7 Å². The number of nitrogens with one attached hydrogen (secondary N) is 1. The Kier molecular flexibility index (Phi) is 6.81. The number of amides is 1. The zero-order valence-electron chi connectivity index (χ0n) is 19.3. The number of esters is 1. The Morgan fingerprint density at radius 2 is 1.79 bits per heavy atom. The van der Waals surface area contributed by atoms with Gasteiger partial charge in [0.1, 0.15) is 17.3 Å². The van der Waals surface area contributed by atoms with Crippen molar-refractivity contribution in [2.24, 2.45) is 0 Å². The number of ether oxygens (including phenoxy) is 3. The van der Waals surface area contributed by atoms with Crippen LogP contribution in [0.2, 0.25) is 0 Å². The number of carbonyl (C=O) groups excluding carboxylic acids is 2. The Morgan fingerprint density at radius 3 is 2.50 bits per heavy atom. The van der Waals surface area contributed by atoms with Gasteiger partial charge in [-0.1, -0.05) is 0 Å². The van der Waals surface area contributed by atoms with Crippen LogP contribution in [0.4, 0.5) is 10.1 Å². The van der Waals surface area contributed by atoms with Gasteiger partial charge in [0.05, 0.1) is 25.6 Å².